The van der Waals surface area contributed by atoms with E-state index in [0.717, 1.165) is 5.70 Å². The van der Waals surface area contributed by atoms with Crippen molar-refractivity contribution in [1.29, 1.82) is 0 Å². The molecule has 0 saturated carbocycles. The van der Waals surface area contributed by atoms with Crippen LogP contribution in [0.3, 0.4) is 0 Å². The van der Waals surface area contributed by atoms with E-state index >= 15 is 0 Å². The number of hydrogen-bond acceptors (Lipinski definition) is 2. The molecule has 0 aliphatic carbocycles. The lowest BCUT2D eigenvalue weighted by atomic mass is 9.95. The standard InChI is InChI=1S/C40H29N3/c1-3-11-26(12-4-1)28-15-9-16-29(23-28)35-25-36(42-40(41-35)27-13-5-2-6-14-27)30-21-22-32-34-19-10-18-33-31-17-7-8-20-37(31)43(39(33)34)38(32)24-30/h1-25,35,40-42H. The number of rotatable bonds is 4. The van der Waals surface area contributed by atoms with Gasteiger partial charge in [0.15, 0.2) is 0 Å². The summed E-state index contributed by atoms with van der Waals surface area (Å²) in [6.45, 7) is 0. The summed E-state index contributed by atoms with van der Waals surface area (Å²) in [7, 11) is 0. The minimum Gasteiger partial charge on any atom is -0.366 e. The molecule has 0 bridgehead atoms. The van der Waals surface area contributed by atoms with Gasteiger partial charge in [0.1, 0.15) is 6.17 Å². The summed E-state index contributed by atoms with van der Waals surface area (Å²) in [5.41, 5.74) is 11.0. The van der Waals surface area contributed by atoms with Crippen molar-refractivity contribution >= 4 is 43.8 Å². The summed E-state index contributed by atoms with van der Waals surface area (Å²) in [5, 5.41) is 12.9. The predicted octanol–water partition coefficient (Wildman–Crippen LogP) is 9.48. The number of nitrogens with one attached hydrogen (secondary N) is 2. The Balaban J connectivity index is 1.21. The van der Waals surface area contributed by atoms with E-state index < -0.39 is 0 Å². The van der Waals surface area contributed by atoms with E-state index in [-0.39, 0.29) is 12.2 Å². The SMILES string of the molecule is C1=C(c2ccc3c4cccc5c6ccccc6n(c3c2)c54)NC(c2ccccc2)NC1c1cccc(-c2ccccc2)c1. The molecule has 6 aromatic carbocycles. The Morgan fingerprint density at radius 1 is 0.465 bits per heavy atom. The number of nitrogens with zero attached hydrogens (tertiary/aromatic N) is 1. The molecule has 8 aromatic rings. The number of aromatic nitrogens is 1. The quantitative estimate of drug-likeness (QED) is 0.228. The highest BCUT2D eigenvalue weighted by molar-refractivity contribution is 6.23. The third-order valence-corrected chi connectivity index (χ3v) is 9.00. The van der Waals surface area contributed by atoms with E-state index in [4.69, 9.17) is 0 Å². The molecular weight excluding hydrogens is 522 g/mol. The normalized spacial score (nSPS) is 17.1. The molecule has 0 fully saturated rings. The Labute approximate surface area is 250 Å². The molecule has 2 atom stereocenters. The maximum Gasteiger partial charge on any atom is 0.104 e. The monoisotopic (exact) mass is 551 g/mol. The topological polar surface area (TPSA) is 28.5 Å². The summed E-state index contributed by atoms with van der Waals surface area (Å²) in [6.07, 6.45) is 2.31. The highest BCUT2D eigenvalue weighted by atomic mass is 15.2. The van der Waals surface area contributed by atoms with Gasteiger partial charge >= 0.3 is 0 Å². The second-order valence-corrected chi connectivity index (χ2v) is 11.5. The molecule has 3 nitrogen and oxygen atoms in total. The van der Waals surface area contributed by atoms with Gasteiger partial charge in [0.2, 0.25) is 0 Å². The van der Waals surface area contributed by atoms with Crippen LogP contribution in [0.5, 0.6) is 0 Å². The summed E-state index contributed by atoms with van der Waals surface area (Å²) in [6, 6.07) is 52.6. The smallest absolute Gasteiger partial charge is 0.104 e. The zero-order valence-electron chi connectivity index (χ0n) is 23.5. The molecule has 3 heterocycles. The van der Waals surface area contributed by atoms with Gasteiger partial charge in [-0.15, -0.1) is 0 Å². The number of hydrogen-bond donors (Lipinski definition) is 2. The van der Waals surface area contributed by atoms with Crippen molar-refractivity contribution in [3.63, 3.8) is 0 Å². The van der Waals surface area contributed by atoms with E-state index in [9.17, 15) is 0 Å². The Bertz CT molecular complexity index is 2300. The molecule has 3 heteroatoms. The molecule has 0 saturated heterocycles. The fourth-order valence-electron chi connectivity index (χ4n) is 6.98. The Morgan fingerprint density at radius 2 is 1.12 bits per heavy atom. The fourth-order valence-corrected chi connectivity index (χ4v) is 6.98. The molecule has 9 rings (SSSR count). The van der Waals surface area contributed by atoms with Gasteiger partial charge in [0, 0.05) is 27.2 Å². The minimum atomic E-state index is -0.0313. The van der Waals surface area contributed by atoms with Gasteiger partial charge in [-0.1, -0.05) is 127 Å². The molecule has 1 aliphatic heterocycles. The van der Waals surface area contributed by atoms with Gasteiger partial charge in [-0.2, -0.15) is 0 Å². The lowest BCUT2D eigenvalue weighted by molar-refractivity contribution is 0.443. The summed E-state index contributed by atoms with van der Waals surface area (Å²) in [5.74, 6) is 0. The molecule has 1 aliphatic rings. The average Bonchev–Trinajstić information content (AvgIpc) is 3.61. The second-order valence-electron chi connectivity index (χ2n) is 11.5. The van der Waals surface area contributed by atoms with Crippen LogP contribution in [0.25, 0.3) is 54.9 Å². The number of para-hydroxylation sites is 2. The third-order valence-electron chi connectivity index (χ3n) is 9.00. The molecule has 0 spiro atoms. The second kappa shape index (κ2) is 9.59. The van der Waals surface area contributed by atoms with Crippen molar-refractivity contribution in [2.24, 2.45) is 0 Å². The number of benzene rings is 6. The first-order valence-corrected chi connectivity index (χ1v) is 14.9. The largest absolute Gasteiger partial charge is 0.366 e. The van der Waals surface area contributed by atoms with Crippen molar-refractivity contribution in [2.75, 3.05) is 0 Å². The van der Waals surface area contributed by atoms with Crippen LogP contribution in [0.4, 0.5) is 0 Å². The number of fused-ring (bicyclic) bond motifs is 6. The molecule has 204 valence electrons. The van der Waals surface area contributed by atoms with Crippen molar-refractivity contribution in [3.8, 4) is 11.1 Å². The summed E-state index contributed by atoms with van der Waals surface area (Å²) >= 11 is 0. The molecule has 43 heavy (non-hydrogen) atoms. The van der Waals surface area contributed by atoms with Crippen molar-refractivity contribution in [1.82, 2.24) is 15.0 Å². The van der Waals surface area contributed by atoms with E-state index in [1.165, 1.54) is 65.9 Å². The molecule has 0 radical (unpaired) electrons. The molecule has 0 amide bonds. The fraction of sp³-hybridized carbons (Fsp3) is 0.0500. The van der Waals surface area contributed by atoms with Gasteiger partial charge in [-0.05, 0) is 52.1 Å². The van der Waals surface area contributed by atoms with Gasteiger partial charge in [-0.3, -0.25) is 5.32 Å². The van der Waals surface area contributed by atoms with Crippen LogP contribution in [-0.4, -0.2) is 4.40 Å². The first kappa shape index (κ1) is 24.2. The van der Waals surface area contributed by atoms with Gasteiger partial charge in [-0.25, -0.2) is 0 Å². The minimum absolute atomic E-state index is 0.0313. The maximum atomic E-state index is 3.87. The zero-order chi connectivity index (χ0) is 28.3. The van der Waals surface area contributed by atoms with Crippen LogP contribution < -0.4 is 10.6 Å². The molecule has 2 unspecified atom stereocenters. The van der Waals surface area contributed by atoms with Crippen molar-refractivity contribution in [3.05, 3.63) is 168 Å². The molecule has 2 N–H and O–H groups in total. The first-order valence-electron chi connectivity index (χ1n) is 14.9. The lowest BCUT2D eigenvalue weighted by Crippen LogP contribution is -2.39. The van der Waals surface area contributed by atoms with Crippen LogP contribution in [0.15, 0.2) is 152 Å². The zero-order valence-corrected chi connectivity index (χ0v) is 23.5. The van der Waals surface area contributed by atoms with Gasteiger partial charge < -0.3 is 9.72 Å². The Hall–Kier alpha value is -5.38. The lowest BCUT2D eigenvalue weighted by Gasteiger charge is -2.33. The van der Waals surface area contributed by atoms with Crippen LogP contribution >= 0.6 is 0 Å². The Morgan fingerprint density at radius 3 is 1.95 bits per heavy atom. The average molecular weight is 552 g/mol. The summed E-state index contributed by atoms with van der Waals surface area (Å²) in [4.78, 5) is 0. The van der Waals surface area contributed by atoms with Crippen LogP contribution in [-0.2, 0) is 0 Å². The van der Waals surface area contributed by atoms with Gasteiger partial charge in [0.05, 0.1) is 22.6 Å². The van der Waals surface area contributed by atoms with Crippen LogP contribution in [0, 0.1) is 0 Å². The maximum absolute atomic E-state index is 3.87. The Kier molecular flexibility index (Phi) is 5.40. The van der Waals surface area contributed by atoms with Crippen molar-refractivity contribution < 1.29 is 0 Å². The van der Waals surface area contributed by atoms with Gasteiger partial charge in [0.25, 0.3) is 0 Å². The van der Waals surface area contributed by atoms with E-state index in [1.54, 1.807) is 0 Å². The highest BCUT2D eigenvalue weighted by Crippen LogP contribution is 2.40. The third kappa shape index (κ3) is 3.86. The molecule has 2 aromatic heterocycles. The molecular formula is C40H29N3. The van der Waals surface area contributed by atoms with E-state index in [0.29, 0.717) is 0 Å². The van der Waals surface area contributed by atoms with Crippen LogP contribution in [0.2, 0.25) is 0 Å². The van der Waals surface area contributed by atoms with Crippen LogP contribution in [0.1, 0.15) is 28.9 Å². The predicted molar refractivity (Wildman–Crippen MR) is 179 cm³/mol. The summed E-state index contributed by atoms with van der Waals surface area (Å²) < 4.78 is 2.45. The van der Waals surface area contributed by atoms with Crippen molar-refractivity contribution in [2.45, 2.75) is 12.2 Å². The van der Waals surface area contributed by atoms with E-state index in [2.05, 4.69) is 167 Å². The van der Waals surface area contributed by atoms with E-state index in [1.807, 2.05) is 0 Å². The highest BCUT2D eigenvalue weighted by Gasteiger charge is 2.25. The first-order chi connectivity index (χ1) is 21.3.